The molecule has 3 aromatic rings. The van der Waals surface area contributed by atoms with Crippen LogP contribution in [0.15, 0.2) is 36.5 Å². The van der Waals surface area contributed by atoms with Crippen molar-refractivity contribution in [2.24, 2.45) is 0 Å². The van der Waals surface area contributed by atoms with Crippen molar-refractivity contribution in [1.82, 2.24) is 19.7 Å². The monoisotopic (exact) mass is 384 g/mol. The number of alkyl halides is 1. The van der Waals surface area contributed by atoms with Crippen LogP contribution in [-0.2, 0) is 12.4 Å². The highest BCUT2D eigenvalue weighted by atomic mass is 127. The van der Waals surface area contributed by atoms with Gasteiger partial charge in [0.25, 0.3) is 0 Å². The lowest BCUT2D eigenvalue weighted by Crippen LogP contribution is -2.05. The number of aromatic nitrogens is 4. The number of benzene rings is 1. The summed E-state index contributed by atoms with van der Waals surface area (Å²) in [6.45, 7) is 0.632. The van der Waals surface area contributed by atoms with Gasteiger partial charge in [0.1, 0.15) is 5.82 Å². The van der Waals surface area contributed by atoms with E-state index in [4.69, 9.17) is 11.6 Å². The Morgan fingerprint density at radius 1 is 1.26 bits per heavy atom. The molecule has 0 unspecified atom stereocenters. The molecule has 0 saturated carbocycles. The number of nitrogens with zero attached hydrogens (tertiary/aromatic N) is 4. The molecule has 19 heavy (non-hydrogen) atoms. The van der Waals surface area contributed by atoms with E-state index < -0.39 is 0 Å². The second-order valence-corrected chi connectivity index (χ2v) is 5.61. The summed E-state index contributed by atoms with van der Waals surface area (Å²) in [5, 5.41) is 8.01. The lowest BCUT2D eigenvalue weighted by molar-refractivity contribution is 0.740. The van der Waals surface area contributed by atoms with Crippen LogP contribution in [0.3, 0.4) is 0 Å². The number of hydrogen-bond donors (Lipinski definition) is 0. The van der Waals surface area contributed by atoms with Gasteiger partial charge >= 0.3 is 0 Å². The number of rotatable bonds is 3. The van der Waals surface area contributed by atoms with Crippen molar-refractivity contribution in [2.75, 3.05) is 0 Å². The maximum Gasteiger partial charge on any atom is 0.125 e. The minimum Gasteiger partial charge on any atom is -0.321 e. The molecule has 2 heterocycles. The van der Waals surface area contributed by atoms with Crippen molar-refractivity contribution in [3.05, 3.63) is 51.6 Å². The Hall–Kier alpha value is -1.21. The van der Waals surface area contributed by atoms with E-state index >= 15 is 0 Å². The molecule has 96 valence electrons. The lowest BCUT2D eigenvalue weighted by Gasteiger charge is -2.06. The van der Waals surface area contributed by atoms with Crippen LogP contribution >= 0.6 is 34.2 Å². The van der Waals surface area contributed by atoms with Gasteiger partial charge in [-0.1, -0.05) is 0 Å². The van der Waals surface area contributed by atoms with Crippen molar-refractivity contribution in [3.8, 4) is 0 Å². The smallest absolute Gasteiger partial charge is 0.125 e. The molecular weight excluding hydrogens is 375 g/mol. The summed E-state index contributed by atoms with van der Waals surface area (Å²) in [4.78, 5) is 4.57. The van der Waals surface area contributed by atoms with Crippen LogP contribution in [-0.4, -0.2) is 19.7 Å². The van der Waals surface area contributed by atoms with Crippen molar-refractivity contribution in [1.29, 1.82) is 0 Å². The molecule has 0 atom stereocenters. The fraction of sp³-hybridized carbons (Fsp3) is 0.154. The van der Waals surface area contributed by atoms with Gasteiger partial charge in [-0.15, -0.1) is 11.6 Å². The zero-order valence-electron chi connectivity index (χ0n) is 9.92. The highest BCUT2D eigenvalue weighted by molar-refractivity contribution is 14.1. The Morgan fingerprint density at radius 3 is 2.89 bits per heavy atom. The first-order chi connectivity index (χ1) is 9.28. The maximum absolute atomic E-state index is 5.99. The predicted molar refractivity (Wildman–Crippen MR) is 83.1 cm³/mol. The molecule has 0 aliphatic heterocycles. The first-order valence-corrected chi connectivity index (χ1v) is 7.36. The van der Waals surface area contributed by atoms with Crippen LogP contribution in [0.2, 0.25) is 0 Å². The van der Waals surface area contributed by atoms with E-state index in [0.717, 1.165) is 26.1 Å². The third kappa shape index (κ3) is 2.57. The number of hydrogen-bond acceptors (Lipinski definition) is 3. The molecule has 6 heteroatoms. The first kappa shape index (κ1) is 12.8. The van der Waals surface area contributed by atoms with Gasteiger partial charge in [0.05, 0.1) is 29.2 Å². The molecule has 1 aromatic carbocycles. The number of fused-ring (bicyclic) bond motifs is 1. The molecular formula is C13H10ClIN4. The number of halogens is 2. The van der Waals surface area contributed by atoms with E-state index in [1.165, 1.54) is 0 Å². The van der Waals surface area contributed by atoms with Crippen LogP contribution < -0.4 is 0 Å². The Labute approximate surface area is 129 Å². The van der Waals surface area contributed by atoms with Crippen molar-refractivity contribution in [3.63, 3.8) is 0 Å². The average Bonchev–Trinajstić information content (AvgIpc) is 2.77. The summed E-state index contributed by atoms with van der Waals surface area (Å²) in [6.07, 6.45) is 1.67. The number of imidazole rings is 1. The first-order valence-electron chi connectivity index (χ1n) is 5.75. The van der Waals surface area contributed by atoms with Crippen LogP contribution in [0.4, 0.5) is 0 Å². The van der Waals surface area contributed by atoms with Gasteiger partial charge in [-0.3, -0.25) is 0 Å². The quantitative estimate of drug-likeness (QED) is 0.514. The van der Waals surface area contributed by atoms with Gasteiger partial charge in [-0.05, 0) is 52.9 Å². The van der Waals surface area contributed by atoms with E-state index in [9.17, 15) is 0 Å². The molecule has 2 aromatic heterocycles. The third-order valence-corrected chi connectivity index (χ3v) is 3.77. The molecule has 0 spiro atoms. The van der Waals surface area contributed by atoms with E-state index in [1.807, 2.05) is 12.1 Å². The van der Waals surface area contributed by atoms with E-state index in [0.29, 0.717) is 12.4 Å². The lowest BCUT2D eigenvalue weighted by atomic mass is 10.3. The molecule has 0 radical (unpaired) electrons. The summed E-state index contributed by atoms with van der Waals surface area (Å²) in [6, 6.07) is 10.0. The zero-order chi connectivity index (χ0) is 13.2. The van der Waals surface area contributed by atoms with Crippen molar-refractivity contribution < 1.29 is 0 Å². The average molecular weight is 385 g/mol. The summed E-state index contributed by atoms with van der Waals surface area (Å²) in [5.41, 5.74) is 2.93. The summed E-state index contributed by atoms with van der Waals surface area (Å²) < 4.78 is 3.25. The van der Waals surface area contributed by atoms with Gasteiger partial charge in [0.15, 0.2) is 0 Å². The normalized spacial score (nSPS) is 11.1. The van der Waals surface area contributed by atoms with E-state index in [1.54, 1.807) is 6.20 Å². The maximum atomic E-state index is 5.99. The summed E-state index contributed by atoms with van der Waals surface area (Å²) in [5.74, 6) is 1.23. The standard InChI is InChI=1S/C13H10ClIN4/c14-7-13-17-11-6-9(15)3-4-12(11)19(13)8-10-2-1-5-16-18-10/h1-6H,7-8H2. The summed E-state index contributed by atoms with van der Waals surface area (Å²) >= 11 is 8.27. The second-order valence-electron chi connectivity index (χ2n) is 4.10. The van der Waals surface area contributed by atoms with E-state index in [-0.39, 0.29) is 0 Å². The molecule has 3 rings (SSSR count). The predicted octanol–water partition coefficient (Wildman–Crippen LogP) is 3.22. The Balaban J connectivity index is 2.11. The minimum absolute atomic E-state index is 0.380. The van der Waals surface area contributed by atoms with Crippen LogP contribution in [0, 0.1) is 3.57 Å². The van der Waals surface area contributed by atoms with Crippen LogP contribution in [0.1, 0.15) is 11.5 Å². The van der Waals surface area contributed by atoms with E-state index in [2.05, 4.69) is 60.5 Å². The van der Waals surface area contributed by atoms with Crippen molar-refractivity contribution >= 4 is 45.2 Å². The highest BCUT2D eigenvalue weighted by Gasteiger charge is 2.11. The second kappa shape index (κ2) is 5.42. The molecule has 0 N–H and O–H groups in total. The van der Waals surface area contributed by atoms with Crippen molar-refractivity contribution in [2.45, 2.75) is 12.4 Å². The van der Waals surface area contributed by atoms with Gasteiger partial charge in [-0.2, -0.15) is 10.2 Å². The molecule has 0 aliphatic carbocycles. The molecule has 0 saturated heterocycles. The van der Waals surface area contributed by atoms with Gasteiger partial charge in [0.2, 0.25) is 0 Å². The molecule has 0 amide bonds. The van der Waals surface area contributed by atoms with Gasteiger partial charge < -0.3 is 4.57 Å². The Kier molecular flexibility index (Phi) is 3.65. The zero-order valence-corrected chi connectivity index (χ0v) is 12.8. The fourth-order valence-electron chi connectivity index (χ4n) is 2.01. The summed E-state index contributed by atoms with van der Waals surface area (Å²) in [7, 11) is 0. The largest absolute Gasteiger partial charge is 0.321 e. The Morgan fingerprint density at radius 2 is 2.16 bits per heavy atom. The molecule has 0 aliphatic rings. The topological polar surface area (TPSA) is 43.6 Å². The minimum atomic E-state index is 0.380. The fourth-order valence-corrected chi connectivity index (χ4v) is 2.69. The third-order valence-electron chi connectivity index (χ3n) is 2.86. The molecule has 4 nitrogen and oxygen atoms in total. The van der Waals surface area contributed by atoms with Gasteiger partial charge in [-0.25, -0.2) is 4.98 Å². The van der Waals surface area contributed by atoms with Gasteiger partial charge in [0, 0.05) is 9.77 Å². The molecule has 0 fully saturated rings. The van der Waals surface area contributed by atoms with Crippen LogP contribution in [0.5, 0.6) is 0 Å². The Bertz CT molecular complexity index is 711. The highest BCUT2D eigenvalue weighted by Crippen LogP contribution is 2.21. The SMILES string of the molecule is ClCc1nc2cc(I)ccc2n1Cc1cccnn1. The van der Waals surface area contributed by atoms with Crippen LogP contribution in [0.25, 0.3) is 11.0 Å². The molecule has 0 bridgehead atoms.